The van der Waals surface area contributed by atoms with Crippen molar-refractivity contribution in [1.29, 1.82) is 0 Å². The molecule has 1 aromatic carbocycles. The highest BCUT2D eigenvalue weighted by Gasteiger charge is 2.13. The molecule has 0 saturated carbocycles. The zero-order valence-electron chi connectivity index (χ0n) is 13.5. The molecule has 6 heteroatoms. The number of aliphatic imine (C=N–C) groups is 1. The minimum absolute atomic E-state index is 0.0193. The van der Waals surface area contributed by atoms with Gasteiger partial charge >= 0.3 is 0 Å². The molecule has 24 heavy (non-hydrogen) atoms. The largest absolute Gasteiger partial charge is 0.467 e. The van der Waals surface area contributed by atoms with Crippen LogP contribution in [0.25, 0.3) is 0 Å². The van der Waals surface area contributed by atoms with Crippen LogP contribution in [-0.4, -0.2) is 18.4 Å². The highest BCUT2D eigenvalue weighted by molar-refractivity contribution is 5.94. The second-order valence-electron chi connectivity index (χ2n) is 5.83. The highest BCUT2D eigenvalue weighted by atomic mass is 16.3. The zero-order chi connectivity index (χ0) is 16.8. The van der Waals surface area contributed by atoms with E-state index in [0.717, 1.165) is 18.5 Å². The molecule has 3 rings (SSSR count). The summed E-state index contributed by atoms with van der Waals surface area (Å²) in [5.41, 5.74) is 9.59. The van der Waals surface area contributed by atoms with Crippen LogP contribution < -0.4 is 16.4 Å². The smallest absolute Gasteiger partial charge is 0.242 e. The number of fused-ring (bicyclic) bond motifs is 1. The number of carbonyl (C=O) groups excluding carboxylic acids is 1. The Morgan fingerprint density at radius 3 is 2.92 bits per heavy atom. The molecule has 1 aliphatic rings. The second kappa shape index (κ2) is 7.68. The van der Waals surface area contributed by atoms with E-state index in [0.29, 0.717) is 12.3 Å². The summed E-state index contributed by atoms with van der Waals surface area (Å²) in [4.78, 5) is 15.9. The molecule has 0 radical (unpaired) electrons. The second-order valence-corrected chi connectivity index (χ2v) is 5.83. The minimum Gasteiger partial charge on any atom is -0.467 e. The van der Waals surface area contributed by atoms with E-state index in [9.17, 15) is 4.79 Å². The summed E-state index contributed by atoms with van der Waals surface area (Å²) >= 11 is 0. The fourth-order valence-electron chi connectivity index (χ4n) is 2.89. The highest BCUT2D eigenvalue weighted by Crippen LogP contribution is 2.27. The van der Waals surface area contributed by atoms with Gasteiger partial charge in [0.2, 0.25) is 5.91 Å². The Kier molecular flexibility index (Phi) is 5.15. The Morgan fingerprint density at radius 2 is 2.08 bits per heavy atom. The van der Waals surface area contributed by atoms with Gasteiger partial charge in [0.25, 0.3) is 0 Å². The van der Waals surface area contributed by atoms with Gasteiger partial charge in [-0.25, -0.2) is 4.99 Å². The lowest BCUT2D eigenvalue weighted by molar-refractivity contribution is -0.119. The Morgan fingerprint density at radius 1 is 1.21 bits per heavy atom. The molecule has 0 spiro atoms. The molecule has 1 heterocycles. The number of rotatable bonds is 5. The molecule has 0 unspecified atom stereocenters. The topological polar surface area (TPSA) is 92.6 Å². The third-order valence-corrected chi connectivity index (χ3v) is 4.09. The Labute approximate surface area is 141 Å². The fourth-order valence-corrected chi connectivity index (χ4v) is 2.89. The first-order chi connectivity index (χ1) is 11.7. The summed E-state index contributed by atoms with van der Waals surface area (Å²) in [6.07, 6.45) is 6.16. The van der Waals surface area contributed by atoms with Crippen molar-refractivity contribution in [1.82, 2.24) is 5.32 Å². The van der Waals surface area contributed by atoms with Crippen LogP contribution in [0.15, 0.2) is 46.0 Å². The van der Waals surface area contributed by atoms with Crippen molar-refractivity contribution in [3.8, 4) is 0 Å². The third kappa shape index (κ3) is 4.16. The summed E-state index contributed by atoms with van der Waals surface area (Å²) in [6, 6.07) is 9.77. The van der Waals surface area contributed by atoms with E-state index in [1.807, 2.05) is 12.1 Å². The summed E-state index contributed by atoms with van der Waals surface area (Å²) in [5.74, 6) is 0.753. The first-order valence-corrected chi connectivity index (χ1v) is 8.19. The van der Waals surface area contributed by atoms with Crippen molar-refractivity contribution >= 4 is 17.6 Å². The summed E-state index contributed by atoms with van der Waals surface area (Å²) < 4.78 is 5.15. The average Bonchev–Trinajstić information content (AvgIpc) is 3.12. The summed E-state index contributed by atoms with van der Waals surface area (Å²) in [7, 11) is 0. The molecule has 126 valence electrons. The predicted molar refractivity (Wildman–Crippen MR) is 93.8 cm³/mol. The number of guanidine groups is 1. The number of nitrogens with zero attached hydrogens (tertiary/aromatic N) is 1. The average molecular weight is 326 g/mol. The molecule has 1 aromatic heterocycles. The van der Waals surface area contributed by atoms with Gasteiger partial charge in [0.15, 0.2) is 5.96 Å². The SMILES string of the molecule is NC(=NCC(=O)NCc1ccco1)Nc1cccc2c1CCCC2. The van der Waals surface area contributed by atoms with E-state index in [4.69, 9.17) is 10.2 Å². The fraction of sp³-hybridized carbons (Fsp3) is 0.333. The number of amides is 1. The lowest BCUT2D eigenvalue weighted by atomic mass is 9.90. The maximum Gasteiger partial charge on any atom is 0.242 e. The van der Waals surface area contributed by atoms with Crippen LogP contribution in [0.1, 0.15) is 29.7 Å². The van der Waals surface area contributed by atoms with E-state index in [-0.39, 0.29) is 18.4 Å². The predicted octanol–water partition coefficient (Wildman–Crippen LogP) is 2.20. The molecule has 0 aliphatic heterocycles. The standard InChI is InChI=1S/C18H22N4O2/c19-18(21-12-17(23)20-11-14-7-4-10-24-14)22-16-9-3-6-13-5-1-2-8-15(13)16/h3-4,6-7,9-10H,1-2,5,8,11-12H2,(H,20,23)(H3,19,21,22). The molecular formula is C18H22N4O2. The minimum atomic E-state index is -0.203. The molecular weight excluding hydrogens is 304 g/mol. The number of hydrogen-bond acceptors (Lipinski definition) is 3. The number of nitrogens with one attached hydrogen (secondary N) is 2. The molecule has 0 bridgehead atoms. The van der Waals surface area contributed by atoms with Gasteiger partial charge in [-0.2, -0.15) is 0 Å². The quantitative estimate of drug-likeness (QED) is 0.580. The Balaban J connectivity index is 1.54. The number of hydrogen-bond donors (Lipinski definition) is 3. The van der Waals surface area contributed by atoms with Gasteiger partial charge in [-0.1, -0.05) is 12.1 Å². The molecule has 0 fully saturated rings. The van der Waals surface area contributed by atoms with Crippen LogP contribution in [-0.2, 0) is 24.2 Å². The van der Waals surface area contributed by atoms with E-state index in [1.165, 1.54) is 24.0 Å². The number of nitrogens with two attached hydrogens (primary N) is 1. The molecule has 6 nitrogen and oxygen atoms in total. The third-order valence-electron chi connectivity index (χ3n) is 4.09. The molecule has 1 aliphatic carbocycles. The lowest BCUT2D eigenvalue weighted by Gasteiger charge is -2.19. The van der Waals surface area contributed by atoms with Gasteiger partial charge in [0.1, 0.15) is 12.3 Å². The van der Waals surface area contributed by atoms with Gasteiger partial charge in [0.05, 0.1) is 12.8 Å². The van der Waals surface area contributed by atoms with Crippen LogP contribution in [0, 0.1) is 0 Å². The van der Waals surface area contributed by atoms with Crippen molar-refractivity contribution in [2.24, 2.45) is 10.7 Å². The van der Waals surface area contributed by atoms with Gasteiger partial charge in [-0.15, -0.1) is 0 Å². The Bertz CT molecular complexity index is 723. The van der Waals surface area contributed by atoms with Crippen molar-refractivity contribution in [3.63, 3.8) is 0 Å². The van der Waals surface area contributed by atoms with Crippen molar-refractivity contribution in [2.45, 2.75) is 32.2 Å². The van der Waals surface area contributed by atoms with Gasteiger partial charge in [-0.3, -0.25) is 4.79 Å². The number of carbonyl (C=O) groups is 1. The number of furan rings is 1. The lowest BCUT2D eigenvalue weighted by Crippen LogP contribution is -2.29. The van der Waals surface area contributed by atoms with Gasteiger partial charge in [-0.05, 0) is 55.0 Å². The number of aryl methyl sites for hydroxylation is 1. The van der Waals surface area contributed by atoms with Crippen LogP contribution in [0.2, 0.25) is 0 Å². The zero-order valence-corrected chi connectivity index (χ0v) is 13.5. The molecule has 2 aromatic rings. The first kappa shape index (κ1) is 16.1. The van der Waals surface area contributed by atoms with E-state index in [2.05, 4.69) is 21.7 Å². The normalized spacial score (nSPS) is 14.1. The number of anilines is 1. The summed E-state index contributed by atoms with van der Waals surface area (Å²) in [6.45, 7) is 0.329. The van der Waals surface area contributed by atoms with E-state index in [1.54, 1.807) is 18.4 Å². The monoisotopic (exact) mass is 326 g/mol. The van der Waals surface area contributed by atoms with Crippen LogP contribution in [0.5, 0.6) is 0 Å². The van der Waals surface area contributed by atoms with Crippen LogP contribution in [0.4, 0.5) is 5.69 Å². The first-order valence-electron chi connectivity index (χ1n) is 8.19. The number of benzene rings is 1. The van der Waals surface area contributed by atoms with E-state index < -0.39 is 0 Å². The van der Waals surface area contributed by atoms with Gasteiger partial charge < -0.3 is 20.8 Å². The molecule has 4 N–H and O–H groups in total. The van der Waals surface area contributed by atoms with E-state index >= 15 is 0 Å². The van der Waals surface area contributed by atoms with Crippen molar-refractivity contribution in [3.05, 3.63) is 53.5 Å². The van der Waals surface area contributed by atoms with Gasteiger partial charge in [0, 0.05) is 5.69 Å². The molecule has 1 amide bonds. The molecule has 0 atom stereocenters. The molecule has 0 saturated heterocycles. The Hall–Kier alpha value is -2.76. The maximum atomic E-state index is 11.8. The maximum absolute atomic E-state index is 11.8. The van der Waals surface area contributed by atoms with Crippen molar-refractivity contribution < 1.29 is 9.21 Å². The summed E-state index contributed by atoms with van der Waals surface area (Å²) in [5, 5.41) is 5.86. The van der Waals surface area contributed by atoms with Crippen LogP contribution in [0.3, 0.4) is 0 Å². The van der Waals surface area contributed by atoms with Crippen LogP contribution >= 0.6 is 0 Å². The van der Waals surface area contributed by atoms with Crippen molar-refractivity contribution in [2.75, 3.05) is 11.9 Å².